The number of nitrogens with zero attached hydrogens (tertiary/aromatic N) is 1. The van der Waals surface area contributed by atoms with E-state index in [1.165, 1.54) is 0 Å². The minimum absolute atomic E-state index is 0.0987. The first-order valence-corrected chi connectivity index (χ1v) is 8.15. The number of ether oxygens (including phenoxy) is 1. The van der Waals surface area contributed by atoms with Gasteiger partial charge in [-0.1, -0.05) is 6.07 Å². The third kappa shape index (κ3) is 7.80. The number of nitro benzene ring substituents is 1. The van der Waals surface area contributed by atoms with Crippen LogP contribution in [0.2, 0.25) is 0 Å². The van der Waals surface area contributed by atoms with E-state index in [0.29, 0.717) is 18.8 Å². The first-order chi connectivity index (χ1) is 11.2. The molecule has 134 valence electrons. The van der Waals surface area contributed by atoms with E-state index in [9.17, 15) is 14.9 Å². The first kappa shape index (κ1) is 19.7. The lowest BCUT2D eigenvalue weighted by Crippen LogP contribution is -2.33. The molecule has 0 saturated carbocycles. The molecule has 0 aliphatic heterocycles. The van der Waals surface area contributed by atoms with Gasteiger partial charge in [-0.25, -0.2) is 4.79 Å². The van der Waals surface area contributed by atoms with E-state index in [2.05, 4.69) is 10.6 Å². The number of nitrogens with one attached hydrogen (secondary N) is 2. The lowest BCUT2D eigenvalue weighted by molar-refractivity contribution is -0.384. The van der Waals surface area contributed by atoms with E-state index in [-0.39, 0.29) is 10.6 Å². The highest BCUT2D eigenvalue weighted by molar-refractivity contribution is 5.67. The van der Waals surface area contributed by atoms with Gasteiger partial charge >= 0.3 is 6.09 Å². The number of hydrogen-bond donors (Lipinski definition) is 2. The predicted molar refractivity (Wildman–Crippen MR) is 94.4 cm³/mol. The molecule has 0 unspecified atom stereocenters. The summed E-state index contributed by atoms with van der Waals surface area (Å²) in [7, 11) is 0. The Bertz CT molecular complexity index is 567. The molecule has 0 aliphatic carbocycles. The molecular weight excluding hydrogens is 310 g/mol. The third-order valence-electron chi connectivity index (χ3n) is 3.19. The number of carbonyl (C=O) groups excluding carboxylic acids is 1. The summed E-state index contributed by atoms with van der Waals surface area (Å²) in [5, 5.41) is 16.8. The van der Waals surface area contributed by atoms with Crippen LogP contribution >= 0.6 is 0 Å². The fourth-order valence-corrected chi connectivity index (χ4v) is 2.10. The first-order valence-electron chi connectivity index (χ1n) is 8.15. The van der Waals surface area contributed by atoms with Crippen molar-refractivity contribution in [2.75, 3.05) is 18.4 Å². The highest BCUT2D eigenvalue weighted by atomic mass is 16.6. The zero-order valence-corrected chi connectivity index (χ0v) is 14.8. The average molecular weight is 337 g/mol. The molecule has 24 heavy (non-hydrogen) atoms. The average Bonchev–Trinajstić information content (AvgIpc) is 2.45. The van der Waals surface area contributed by atoms with Crippen LogP contribution in [0.3, 0.4) is 0 Å². The van der Waals surface area contributed by atoms with E-state index in [4.69, 9.17) is 4.74 Å². The van der Waals surface area contributed by atoms with Gasteiger partial charge in [-0.2, -0.15) is 0 Å². The topological polar surface area (TPSA) is 93.5 Å². The molecule has 0 bridgehead atoms. The van der Waals surface area contributed by atoms with Crippen LogP contribution < -0.4 is 10.6 Å². The number of amides is 1. The van der Waals surface area contributed by atoms with Gasteiger partial charge in [-0.15, -0.1) is 0 Å². The third-order valence-corrected chi connectivity index (χ3v) is 3.19. The Balaban J connectivity index is 2.21. The quantitative estimate of drug-likeness (QED) is 0.425. The van der Waals surface area contributed by atoms with Crippen molar-refractivity contribution < 1.29 is 14.5 Å². The van der Waals surface area contributed by atoms with Crippen molar-refractivity contribution in [2.45, 2.75) is 52.6 Å². The fourth-order valence-electron chi connectivity index (χ4n) is 2.10. The summed E-state index contributed by atoms with van der Waals surface area (Å²) in [6, 6.07) is 5.14. The van der Waals surface area contributed by atoms with Gasteiger partial charge in [0, 0.05) is 19.2 Å². The molecule has 7 heteroatoms. The van der Waals surface area contributed by atoms with Gasteiger partial charge in [0.2, 0.25) is 0 Å². The Labute approximate surface area is 142 Å². The lowest BCUT2D eigenvalue weighted by atomic mass is 10.2. The molecular formula is C17H27N3O4. The van der Waals surface area contributed by atoms with Crippen LogP contribution in [0.15, 0.2) is 18.2 Å². The minimum Gasteiger partial charge on any atom is -0.444 e. The van der Waals surface area contributed by atoms with Crippen LogP contribution in [0.5, 0.6) is 0 Å². The smallest absolute Gasteiger partial charge is 0.407 e. The van der Waals surface area contributed by atoms with Crippen molar-refractivity contribution in [3.63, 3.8) is 0 Å². The van der Waals surface area contributed by atoms with Crippen LogP contribution in [-0.2, 0) is 4.74 Å². The minimum atomic E-state index is -0.489. The Morgan fingerprint density at radius 2 is 1.88 bits per heavy atom. The largest absolute Gasteiger partial charge is 0.444 e. The number of alkyl carbamates (subject to hydrolysis) is 1. The van der Waals surface area contributed by atoms with Crippen LogP contribution in [0, 0.1) is 17.0 Å². The van der Waals surface area contributed by atoms with Gasteiger partial charge in [-0.3, -0.25) is 10.1 Å². The summed E-state index contributed by atoms with van der Waals surface area (Å²) in [6.45, 7) is 8.50. The van der Waals surface area contributed by atoms with Gasteiger partial charge in [0.05, 0.1) is 4.92 Å². The second-order valence-corrected chi connectivity index (χ2v) is 6.69. The summed E-state index contributed by atoms with van der Waals surface area (Å²) < 4.78 is 5.14. The lowest BCUT2D eigenvalue weighted by Gasteiger charge is -2.19. The molecule has 0 fully saturated rings. The highest BCUT2D eigenvalue weighted by Crippen LogP contribution is 2.25. The second-order valence-electron chi connectivity index (χ2n) is 6.69. The maximum atomic E-state index is 11.5. The van der Waals surface area contributed by atoms with Crippen molar-refractivity contribution in [2.24, 2.45) is 0 Å². The summed E-state index contributed by atoms with van der Waals surface area (Å²) in [6.07, 6.45) is 2.19. The van der Waals surface area contributed by atoms with Crippen LogP contribution in [0.4, 0.5) is 16.2 Å². The monoisotopic (exact) mass is 337 g/mol. The summed E-state index contributed by atoms with van der Waals surface area (Å²) >= 11 is 0. The molecule has 0 atom stereocenters. The Hall–Kier alpha value is -2.31. The maximum Gasteiger partial charge on any atom is 0.407 e. The summed E-state index contributed by atoms with van der Waals surface area (Å²) in [5.74, 6) is 0. The summed E-state index contributed by atoms with van der Waals surface area (Å²) in [5.41, 5.74) is 1.01. The van der Waals surface area contributed by atoms with E-state index in [0.717, 1.165) is 24.8 Å². The van der Waals surface area contributed by atoms with Crippen LogP contribution in [-0.4, -0.2) is 29.7 Å². The summed E-state index contributed by atoms with van der Waals surface area (Å²) in [4.78, 5) is 22.1. The number of anilines is 1. The number of rotatable bonds is 8. The zero-order chi connectivity index (χ0) is 18.2. The zero-order valence-electron chi connectivity index (χ0n) is 14.8. The number of benzene rings is 1. The standard InChI is InChI=1S/C17H27N3O4/c1-13-8-9-14(15(12-13)20(22)23)18-10-6-5-7-11-19-16(21)24-17(2,3)4/h8-9,12,18H,5-7,10-11H2,1-4H3,(H,19,21). The molecule has 0 heterocycles. The van der Waals surface area contributed by atoms with Crippen molar-refractivity contribution in [3.05, 3.63) is 33.9 Å². The van der Waals surface area contributed by atoms with Gasteiger partial charge in [0.15, 0.2) is 0 Å². The van der Waals surface area contributed by atoms with Crippen molar-refractivity contribution in [3.8, 4) is 0 Å². The molecule has 2 N–H and O–H groups in total. The van der Waals surface area contributed by atoms with Gasteiger partial charge < -0.3 is 15.4 Å². The number of aryl methyl sites for hydroxylation is 1. The van der Waals surface area contributed by atoms with E-state index in [1.54, 1.807) is 12.1 Å². The highest BCUT2D eigenvalue weighted by Gasteiger charge is 2.15. The van der Waals surface area contributed by atoms with Crippen LogP contribution in [0.1, 0.15) is 45.6 Å². The molecule has 1 rings (SSSR count). The van der Waals surface area contributed by atoms with E-state index in [1.807, 2.05) is 33.8 Å². The van der Waals surface area contributed by atoms with Crippen molar-refractivity contribution >= 4 is 17.5 Å². The molecule has 7 nitrogen and oxygen atoms in total. The molecule has 0 saturated heterocycles. The SMILES string of the molecule is Cc1ccc(NCCCCCNC(=O)OC(C)(C)C)c([N+](=O)[O-])c1. The Morgan fingerprint density at radius 1 is 1.21 bits per heavy atom. The second kappa shape index (κ2) is 9.10. The van der Waals surface area contributed by atoms with Gasteiger partial charge in [0.1, 0.15) is 11.3 Å². The Morgan fingerprint density at radius 3 is 2.50 bits per heavy atom. The molecule has 1 amide bonds. The molecule has 0 aromatic heterocycles. The van der Waals surface area contributed by atoms with E-state index >= 15 is 0 Å². The van der Waals surface area contributed by atoms with Crippen molar-refractivity contribution in [1.82, 2.24) is 5.32 Å². The molecule has 1 aromatic carbocycles. The van der Waals surface area contributed by atoms with Crippen LogP contribution in [0.25, 0.3) is 0 Å². The Kier molecular flexibility index (Phi) is 7.48. The normalized spacial score (nSPS) is 11.0. The van der Waals surface area contributed by atoms with Gasteiger partial charge in [-0.05, 0) is 58.6 Å². The van der Waals surface area contributed by atoms with Gasteiger partial charge in [0.25, 0.3) is 5.69 Å². The molecule has 1 aromatic rings. The maximum absolute atomic E-state index is 11.5. The van der Waals surface area contributed by atoms with Crippen molar-refractivity contribution in [1.29, 1.82) is 0 Å². The number of unbranched alkanes of at least 4 members (excludes halogenated alkanes) is 2. The number of hydrogen-bond acceptors (Lipinski definition) is 5. The fraction of sp³-hybridized carbons (Fsp3) is 0.588. The van der Waals surface area contributed by atoms with E-state index < -0.39 is 11.7 Å². The number of carbonyl (C=O) groups is 1. The predicted octanol–water partition coefficient (Wildman–Crippen LogP) is 4.01. The molecule has 0 radical (unpaired) electrons. The molecule has 0 aliphatic rings. The molecule has 0 spiro atoms. The number of nitro groups is 1.